The first-order valence-electron chi connectivity index (χ1n) is 11.5. The number of rotatable bonds is 6. The van der Waals surface area contributed by atoms with Crippen molar-refractivity contribution in [2.45, 2.75) is 25.4 Å². The fourth-order valence-corrected chi connectivity index (χ4v) is 4.67. The maximum atomic E-state index is 14.4. The highest BCUT2D eigenvalue weighted by molar-refractivity contribution is 6.35. The van der Waals surface area contributed by atoms with Crippen molar-refractivity contribution in [2.75, 3.05) is 26.7 Å². The summed E-state index contributed by atoms with van der Waals surface area (Å²) in [6, 6.07) is 3.86. The standard InChI is InChI=1S/C25H25ClF3N5O3/c1-12-22(30)18(23(31-2)13-5-14(27)7-15(28)6-13)3-4-34(12)24(35)19-8-16(29)9-20(21(19)26)37-11-17-10-32-25(36)33-17/h5-9,12,17H,3-4,10-11,30H2,1-2H3,(H2,32,33,36)/t12-,17?/m0/s1. The lowest BCUT2D eigenvalue weighted by Gasteiger charge is -2.36. The van der Waals surface area contributed by atoms with Crippen molar-refractivity contribution in [1.29, 1.82) is 0 Å². The molecule has 37 heavy (non-hydrogen) atoms. The Labute approximate surface area is 216 Å². The zero-order chi connectivity index (χ0) is 26.9. The molecule has 0 bridgehead atoms. The van der Waals surface area contributed by atoms with Crippen LogP contribution < -0.4 is 21.1 Å². The summed E-state index contributed by atoms with van der Waals surface area (Å²) < 4.78 is 47.7. The Kier molecular flexibility index (Phi) is 7.63. The number of carbonyl (C=O) groups is 2. The molecule has 12 heteroatoms. The summed E-state index contributed by atoms with van der Waals surface area (Å²) in [4.78, 5) is 30.4. The Balaban J connectivity index is 1.57. The van der Waals surface area contributed by atoms with E-state index in [9.17, 15) is 22.8 Å². The fourth-order valence-electron chi connectivity index (χ4n) is 4.43. The molecule has 0 spiro atoms. The minimum atomic E-state index is -0.749. The van der Waals surface area contributed by atoms with Gasteiger partial charge in [-0.1, -0.05) is 11.6 Å². The van der Waals surface area contributed by atoms with E-state index >= 15 is 0 Å². The summed E-state index contributed by atoms with van der Waals surface area (Å²) in [5, 5.41) is 5.15. The zero-order valence-corrected chi connectivity index (χ0v) is 20.8. The van der Waals surface area contributed by atoms with Crippen molar-refractivity contribution >= 4 is 29.3 Å². The van der Waals surface area contributed by atoms with Crippen LogP contribution in [0, 0.1) is 17.5 Å². The molecular formula is C25H25ClF3N5O3. The third-order valence-electron chi connectivity index (χ3n) is 6.29. The van der Waals surface area contributed by atoms with Gasteiger partial charge in [-0.15, -0.1) is 0 Å². The predicted molar refractivity (Wildman–Crippen MR) is 132 cm³/mol. The number of nitrogens with one attached hydrogen (secondary N) is 2. The molecule has 2 aliphatic heterocycles. The maximum Gasteiger partial charge on any atom is 0.315 e. The first kappa shape index (κ1) is 26.3. The predicted octanol–water partition coefficient (Wildman–Crippen LogP) is 3.38. The number of carbonyl (C=O) groups excluding carboxylic acids is 2. The van der Waals surface area contributed by atoms with Crippen LogP contribution in [0.5, 0.6) is 5.75 Å². The van der Waals surface area contributed by atoms with Gasteiger partial charge in [0.15, 0.2) is 0 Å². The number of halogens is 4. The number of benzene rings is 2. The molecule has 1 fully saturated rings. The van der Waals surface area contributed by atoms with Crippen LogP contribution in [0.1, 0.15) is 29.3 Å². The Bertz CT molecular complexity index is 1300. The van der Waals surface area contributed by atoms with E-state index in [1.807, 2.05) is 0 Å². The number of nitrogens with two attached hydrogens (primary N) is 1. The number of amides is 3. The monoisotopic (exact) mass is 535 g/mol. The highest BCUT2D eigenvalue weighted by Crippen LogP contribution is 2.33. The van der Waals surface area contributed by atoms with Gasteiger partial charge in [-0.25, -0.2) is 18.0 Å². The summed E-state index contributed by atoms with van der Waals surface area (Å²) in [7, 11) is 1.49. The van der Waals surface area contributed by atoms with Gasteiger partial charge in [0.1, 0.15) is 29.8 Å². The number of ether oxygens (including phenoxy) is 1. The van der Waals surface area contributed by atoms with E-state index in [0.29, 0.717) is 23.5 Å². The number of nitrogens with zero attached hydrogens (tertiary/aromatic N) is 2. The third kappa shape index (κ3) is 5.51. The van der Waals surface area contributed by atoms with Gasteiger partial charge in [-0.05, 0) is 31.5 Å². The number of aliphatic imine (C=N–C) groups is 1. The molecule has 2 heterocycles. The van der Waals surface area contributed by atoms with Crippen LogP contribution >= 0.6 is 11.6 Å². The fraction of sp³-hybridized carbons (Fsp3) is 0.320. The lowest BCUT2D eigenvalue weighted by molar-refractivity contribution is 0.0705. The molecule has 1 saturated heterocycles. The van der Waals surface area contributed by atoms with Crippen LogP contribution in [0.4, 0.5) is 18.0 Å². The molecule has 2 aliphatic rings. The van der Waals surface area contributed by atoms with Crippen molar-refractivity contribution in [2.24, 2.45) is 10.7 Å². The van der Waals surface area contributed by atoms with E-state index in [0.717, 1.165) is 30.3 Å². The first-order chi connectivity index (χ1) is 17.6. The average Bonchev–Trinajstić information content (AvgIpc) is 3.26. The minimum Gasteiger partial charge on any atom is -0.490 e. The largest absolute Gasteiger partial charge is 0.490 e. The van der Waals surface area contributed by atoms with Gasteiger partial charge < -0.3 is 26.0 Å². The lowest BCUT2D eigenvalue weighted by atomic mass is 9.91. The van der Waals surface area contributed by atoms with Crippen LogP contribution in [0.25, 0.3) is 0 Å². The van der Waals surface area contributed by atoms with E-state index < -0.39 is 29.4 Å². The average molecular weight is 536 g/mol. The van der Waals surface area contributed by atoms with Gasteiger partial charge >= 0.3 is 6.03 Å². The molecule has 2 aromatic carbocycles. The van der Waals surface area contributed by atoms with Crippen LogP contribution in [0.2, 0.25) is 5.02 Å². The smallest absolute Gasteiger partial charge is 0.315 e. The Hall–Kier alpha value is -3.73. The molecule has 4 N–H and O–H groups in total. The minimum absolute atomic E-state index is 0.0223. The third-order valence-corrected chi connectivity index (χ3v) is 6.68. The normalized spacial score (nSPS) is 20.1. The van der Waals surface area contributed by atoms with Gasteiger partial charge in [-0.2, -0.15) is 0 Å². The van der Waals surface area contributed by atoms with E-state index in [2.05, 4.69) is 15.6 Å². The van der Waals surface area contributed by atoms with Crippen molar-refractivity contribution < 1.29 is 27.5 Å². The van der Waals surface area contributed by atoms with E-state index in [1.165, 1.54) is 11.9 Å². The Morgan fingerprint density at radius 2 is 1.86 bits per heavy atom. The highest BCUT2D eigenvalue weighted by atomic mass is 35.5. The van der Waals surface area contributed by atoms with Gasteiger partial charge in [0, 0.05) is 49.1 Å². The van der Waals surface area contributed by atoms with Gasteiger partial charge in [0.05, 0.1) is 28.4 Å². The summed E-state index contributed by atoms with van der Waals surface area (Å²) >= 11 is 6.43. The molecule has 8 nitrogen and oxygen atoms in total. The molecule has 2 aromatic rings. The Morgan fingerprint density at radius 1 is 1.19 bits per heavy atom. The number of hydrogen-bond acceptors (Lipinski definition) is 5. The zero-order valence-electron chi connectivity index (χ0n) is 20.1. The molecule has 0 aliphatic carbocycles. The van der Waals surface area contributed by atoms with Crippen LogP contribution in [0.15, 0.2) is 46.6 Å². The second-order valence-electron chi connectivity index (χ2n) is 8.72. The first-order valence-corrected chi connectivity index (χ1v) is 11.9. The van der Waals surface area contributed by atoms with Crippen molar-refractivity contribution in [3.05, 3.63) is 75.2 Å². The molecular weight excluding hydrogens is 511 g/mol. The molecule has 2 atom stereocenters. The van der Waals surface area contributed by atoms with Gasteiger partial charge in [0.2, 0.25) is 0 Å². The van der Waals surface area contributed by atoms with E-state index in [-0.39, 0.29) is 53.5 Å². The van der Waals surface area contributed by atoms with Gasteiger partial charge in [-0.3, -0.25) is 9.79 Å². The summed E-state index contributed by atoms with van der Waals surface area (Å²) in [5.74, 6) is -2.82. The molecule has 1 unspecified atom stereocenters. The van der Waals surface area contributed by atoms with Crippen LogP contribution in [-0.4, -0.2) is 61.4 Å². The van der Waals surface area contributed by atoms with Gasteiger partial charge in [0.25, 0.3) is 5.91 Å². The SMILES string of the molecule is CN=C(C1=C(N)[C@H](C)N(C(=O)c2cc(F)cc(OCC3CNC(=O)N3)c2Cl)CC1)c1cc(F)cc(F)c1. The van der Waals surface area contributed by atoms with Crippen molar-refractivity contribution in [3.63, 3.8) is 0 Å². The highest BCUT2D eigenvalue weighted by Gasteiger charge is 2.33. The maximum absolute atomic E-state index is 14.4. The van der Waals surface area contributed by atoms with E-state index in [4.69, 9.17) is 22.1 Å². The molecule has 0 radical (unpaired) electrons. The Morgan fingerprint density at radius 3 is 2.49 bits per heavy atom. The van der Waals surface area contributed by atoms with E-state index in [1.54, 1.807) is 6.92 Å². The number of hydrogen-bond donors (Lipinski definition) is 3. The molecule has 3 amide bonds. The van der Waals surface area contributed by atoms with Crippen LogP contribution in [0.3, 0.4) is 0 Å². The topological polar surface area (TPSA) is 109 Å². The summed E-state index contributed by atoms with van der Waals surface area (Å²) in [6.45, 7) is 2.22. The summed E-state index contributed by atoms with van der Waals surface area (Å²) in [5.41, 5.74) is 7.69. The second kappa shape index (κ2) is 10.7. The lowest BCUT2D eigenvalue weighted by Crippen LogP contribution is -2.46. The second-order valence-corrected chi connectivity index (χ2v) is 9.09. The van der Waals surface area contributed by atoms with Crippen molar-refractivity contribution in [1.82, 2.24) is 15.5 Å². The quantitative estimate of drug-likeness (QED) is 0.493. The summed E-state index contributed by atoms with van der Waals surface area (Å²) in [6.07, 6.45) is 0.247. The van der Waals surface area contributed by atoms with Crippen molar-refractivity contribution in [3.8, 4) is 5.75 Å². The molecule has 0 saturated carbocycles. The molecule has 196 valence electrons. The van der Waals surface area contributed by atoms with Crippen LogP contribution in [-0.2, 0) is 0 Å². The molecule has 4 rings (SSSR count). The molecule has 0 aromatic heterocycles. The number of urea groups is 1.